The van der Waals surface area contributed by atoms with Gasteiger partial charge >= 0.3 is 0 Å². The molecule has 3 N–H and O–H groups in total. The van der Waals surface area contributed by atoms with Crippen LogP contribution in [0.2, 0.25) is 5.02 Å². The number of nitrogens with zero attached hydrogens (tertiary/aromatic N) is 3. The van der Waals surface area contributed by atoms with Crippen molar-refractivity contribution in [3.63, 3.8) is 0 Å². The van der Waals surface area contributed by atoms with Crippen molar-refractivity contribution in [1.29, 1.82) is 0 Å². The van der Waals surface area contributed by atoms with Crippen LogP contribution in [0.15, 0.2) is 47.4 Å². The smallest absolute Gasteiger partial charge is 0.238 e. The van der Waals surface area contributed by atoms with Crippen molar-refractivity contribution in [3.8, 4) is 0 Å². The van der Waals surface area contributed by atoms with Gasteiger partial charge in [0.05, 0.1) is 22.5 Å². The highest BCUT2D eigenvalue weighted by Gasteiger charge is 2.26. The average molecular weight is 462 g/mol. The van der Waals surface area contributed by atoms with Crippen molar-refractivity contribution < 1.29 is 13.2 Å². The number of nitrogens with two attached hydrogens (primary N) is 1. The van der Waals surface area contributed by atoms with Gasteiger partial charge in [0.2, 0.25) is 15.9 Å². The number of aromatic nitrogens is 2. The molecule has 10 heteroatoms. The number of fused-ring (bicyclic) bond motifs is 1. The van der Waals surface area contributed by atoms with Crippen molar-refractivity contribution in [2.75, 3.05) is 18.4 Å². The third kappa shape index (κ3) is 4.90. The van der Waals surface area contributed by atoms with E-state index in [0.29, 0.717) is 17.3 Å². The third-order valence-corrected chi connectivity index (χ3v) is 6.87. The molecule has 0 spiro atoms. The molecule has 3 aromatic rings. The molecule has 164 valence electrons. The Kier molecular flexibility index (Phi) is 6.02. The minimum Gasteiger partial charge on any atom is -0.330 e. The van der Waals surface area contributed by atoms with Crippen LogP contribution in [0.4, 0.5) is 5.69 Å². The number of likely N-dealkylation sites (tertiary alicyclic amines) is 1. The Morgan fingerprint density at radius 2 is 1.87 bits per heavy atom. The highest BCUT2D eigenvalue weighted by Crippen LogP contribution is 2.24. The minimum atomic E-state index is -3.75. The highest BCUT2D eigenvalue weighted by atomic mass is 35.5. The van der Waals surface area contributed by atoms with E-state index in [1.165, 1.54) is 12.1 Å². The van der Waals surface area contributed by atoms with E-state index in [0.717, 1.165) is 42.8 Å². The Morgan fingerprint density at radius 1 is 1.19 bits per heavy atom. The van der Waals surface area contributed by atoms with Gasteiger partial charge in [-0.05, 0) is 68.4 Å². The van der Waals surface area contributed by atoms with Crippen LogP contribution in [0, 0.1) is 5.92 Å². The monoisotopic (exact) mass is 461 g/mol. The Bertz CT molecular complexity index is 1220. The summed E-state index contributed by atoms with van der Waals surface area (Å²) in [5, 5.41) is 8.63. The number of nitrogens with one attached hydrogen (secondary N) is 1. The molecule has 0 bridgehead atoms. The number of halogens is 1. The second-order valence-electron chi connectivity index (χ2n) is 7.83. The van der Waals surface area contributed by atoms with Crippen LogP contribution >= 0.6 is 11.6 Å². The average Bonchev–Trinajstić information content (AvgIpc) is 3.02. The first-order chi connectivity index (χ1) is 14.7. The second-order valence-corrected chi connectivity index (χ2v) is 9.83. The quantitative estimate of drug-likeness (QED) is 0.607. The van der Waals surface area contributed by atoms with Crippen molar-refractivity contribution >= 4 is 44.3 Å². The van der Waals surface area contributed by atoms with Gasteiger partial charge in [0, 0.05) is 23.7 Å². The first-order valence-corrected chi connectivity index (χ1v) is 11.9. The molecule has 31 heavy (non-hydrogen) atoms. The lowest BCUT2D eigenvalue weighted by Crippen LogP contribution is -2.38. The van der Waals surface area contributed by atoms with Gasteiger partial charge in [0.1, 0.15) is 5.82 Å². The topological polar surface area (TPSA) is 110 Å². The van der Waals surface area contributed by atoms with E-state index < -0.39 is 10.0 Å². The van der Waals surface area contributed by atoms with E-state index in [9.17, 15) is 13.2 Å². The van der Waals surface area contributed by atoms with Crippen molar-refractivity contribution in [2.24, 2.45) is 18.1 Å². The van der Waals surface area contributed by atoms with Gasteiger partial charge in [-0.15, -0.1) is 0 Å². The first-order valence-electron chi connectivity index (χ1n) is 9.97. The lowest BCUT2D eigenvalue weighted by molar-refractivity contribution is -0.121. The number of hydrogen-bond donors (Lipinski definition) is 2. The van der Waals surface area contributed by atoms with Crippen LogP contribution in [-0.4, -0.2) is 41.9 Å². The third-order valence-electron chi connectivity index (χ3n) is 5.71. The van der Waals surface area contributed by atoms with Gasteiger partial charge in [-0.3, -0.25) is 9.69 Å². The number of rotatable bonds is 5. The minimum absolute atomic E-state index is 0.0167. The molecule has 8 nitrogen and oxygen atoms in total. The molecule has 1 aromatic heterocycles. The summed E-state index contributed by atoms with van der Waals surface area (Å²) in [6, 6.07) is 11.6. The largest absolute Gasteiger partial charge is 0.330 e. The van der Waals surface area contributed by atoms with Crippen LogP contribution in [0.3, 0.4) is 0 Å². The summed E-state index contributed by atoms with van der Waals surface area (Å²) in [5.41, 5.74) is 2.48. The van der Waals surface area contributed by atoms with Gasteiger partial charge in [-0.25, -0.2) is 18.5 Å². The number of carbonyl (C=O) groups excluding carboxylic acids is 1. The Labute approximate surface area is 186 Å². The van der Waals surface area contributed by atoms with Gasteiger partial charge in [-0.1, -0.05) is 11.6 Å². The zero-order valence-electron chi connectivity index (χ0n) is 17.1. The number of aryl methyl sites for hydroxylation is 1. The molecule has 0 atom stereocenters. The molecular weight excluding hydrogens is 438 g/mol. The predicted molar refractivity (Wildman–Crippen MR) is 120 cm³/mol. The molecule has 0 saturated carbocycles. The van der Waals surface area contributed by atoms with Crippen molar-refractivity contribution in [2.45, 2.75) is 24.3 Å². The maximum absolute atomic E-state index is 12.6. The van der Waals surface area contributed by atoms with E-state index in [2.05, 4.69) is 14.8 Å². The van der Waals surface area contributed by atoms with Crippen molar-refractivity contribution in [1.82, 2.24) is 14.5 Å². The number of benzene rings is 2. The molecule has 0 radical (unpaired) electrons. The molecule has 2 heterocycles. The Morgan fingerprint density at radius 3 is 2.52 bits per heavy atom. The fourth-order valence-electron chi connectivity index (χ4n) is 3.89. The first kappa shape index (κ1) is 21.8. The Balaban J connectivity index is 1.33. The number of carbonyl (C=O) groups is 1. The van der Waals surface area contributed by atoms with Crippen LogP contribution in [0.5, 0.6) is 0 Å². The number of anilines is 1. The fraction of sp³-hybridized carbons (Fsp3) is 0.333. The van der Waals surface area contributed by atoms with Crippen LogP contribution < -0.4 is 10.5 Å². The second kappa shape index (κ2) is 8.58. The van der Waals surface area contributed by atoms with Gasteiger partial charge in [-0.2, -0.15) is 0 Å². The van der Waals surface area contributed by atoms with E-state index >= 15 is 0 Å². The molecule has 1 aliphatic heterocycles. The summed E-state index contributed by atoms with van der Waals surface area (Å²) < 4.78 is 24.8. The molecule has 4 rings (SSSR count). The normalized spacial score (nSPS) is 16.0. The van der Waals surface area contributed by atoms with Crippen LogP contribution in [0.1, 0.15) is 18.7 Å². The van der Waals surface area contributed by atoms with Gasteiger partial charge in [0.15, 0.2) is 0 Å². The van der Waals surface area contributed by atoms with Crippen LogP contribution in [-0.2, 0) is 28.4 Å². The molecule has 0 unspecified atom stereocenters. The van der Waals surface area contributed by atoms with E-state index in [1.807, 2.05) is 25.2 Å². The SMILES string of the molecule is Cn1c(CN2CCC(C(=O)Nc3ccc(S(N)(=O)=O)cc3)CC2)nc2cc(Cl)ccc21. The number of piperidine rings is 1. The Hall–Kier alpha value is -2.46. The summed E-state index contributed by atoms with van der Waals surface area (Å²) >= 11 is 6.07. The van der Waals surface area contributed by atoms with Gasteiger partial charge < -0.3 is 9.88 Å². The number of primary sulfonamides is 1. The standard InChI is InChI=1S/C21H24ClN5O3S/c1-26-19-7-2-15(22)12-18(19)25-20(26)13-27-10-8-14(9-11-27)21(28)24-16-3-5-17(6-4-16)31(23,29)30/h2-7,12,14H,8-11,13H2,1H3,(H,24,28)(H2,23,29,30). The van der Waals surface area contributed by atoms with Crippen LogP contribution in [0.25, 0.3) is 11.0 Å². The summed E-state index contributed by atoms with van der Waals surface area (Å²) in [7, 11) is -1.75. The maximum atomic E-state index is 12.6. The predicted octanol–water partition coefficient (Wildman–Crippen LogP) is 2.72. The molecule has 1 saturated heterocycles. The molecule has 1 aliphatic rings. The maximum Gasteiger partial charge on any atom is 0.238 e. The summed E-state index contributed by atoms with van der Waals surface area (Å²) in [6.07, 6.45) is 1.49. The summed E-state index contributed by atoms with van der Waals surface area (Å²) in [6.45, 7) is 2.31. The van der Waals surface area contributed by atoms with E-state index in [4.69, 9.17) is 21.7 Å². The molecule has 2 aromatic carbocycles. The lowest BCUT2D eigenvalue weighted by atomic mass is 9.96. The lowest BCUT2D eigenvalue weighted by Gasteiger charge is -2.31. The van der Waals surface area contributed by atoms with Crippen molar-refractivity contribution in [3.05, 3.63) is 53.3 Å². The van der Waals surface area contributed by atoms with Gasteiger partial charge in [0.25, 0.3) is 0 Å². The zero-order valence-corrected chi connectivity index (χ0v) is 18.7. The summed E-state index contributed by atoms with van der Waals surface area (Å²) in [4.78, 5) is 19.6. The zero-order chi connectivity index (χ0) is 22.2. The number of sulfonamides is 1. The molecule has 1 amide bonds. The summed E-state index contributed by atoms with van der Waals surface area (Å²) in [5.74, 6) is 0.823. The number of imidazole rings is 1. The number of hydrogen-bond acceptors (Lipinski definition) is 5. The van der Waals surface area contributed by atoms with E-state index in [-0.39, 0.29) is 16.7 Å². The fourth-order valence-corrected chi connectivity index (χ4v) is 4.57. The molecular formula is C21H24ClN5O3S. The molecule has 1 fully saturated rings. The van der Waals surface area contributed by atoms with E-state index in [1.54, 1.807) is 12.1 Å². The highest BCUT2D eigenvalue weighted by molar-refractivity contribution is 7.89. The number of amides is 1. The molecule has 0 aliphatic carbocycles.